The fraction of sp³-hybridized carbons (Fsp3) is 0.400. The van der Waals surface area contributed by atoms with Crippen LogP contribution in [0.1, 0.15) is 13.8 Å². The predicted octanol–water partition coefficient (Wildman–Crippen LogP) is 2.80. The molecule has 1 aliphatic rings. The Labute approximate surface area is 112 Å². The molecule has 3 rings (SSSR count). The lowest BCUT2D eigenvalue weighted by Crippen LogP contribution is -2.45. The first-order chi connectivity index (χ1) is 9.14. The van der Waals surface area contributed by atoms with Crippen molar-refractivity contribution in [3.05, 3.63) is 36.7 Å². The number of nitrogens with one attached hydrogen (secondary N) is 1. The highest BCUT2D eigenvalue weighted by Gasteiger charge is 2.28. The van der Waals surface area contributed by atoms with E-state index in [1.165, 1.54) is 5.39 Å². The zero-order valence-corrected chi connectivity index (χ0v) is 11.2. The second-order valence-electron chi connectivity index (χ2n) is 5.27. The van der Waals surface area contributed by atoms with E-state index in [-0.39, 0.29) is 6.04 Å². The van der Waals surface area contributed by atoms with Crippen LogP contribution in [0.3, 0.4) is 0 Å². The van der Waals surface area contributed by atoms with Crippen LogP contribution in [0.25, 0.3) is 10.8 Å². The lowest BCUT2D eigenvalue weighted by molar-refractivity contribution is -0.247. The van der Waals surface area contributed by atoms with Crippen molar-refractivity contribution in [3.8, 4) is 0 Å². The number of benzene rings is 1. The Balaban J connectivity index is 1.79. The molecule has 0 unspecified atom stereocenters. The maximum absolute atomic E-state index is 5.67. The van der Waals surface area contributed by atoms with Gasteiger partial charge in [-0.2, -0.15) is 0 Å². The van der Waals surface area contributed by atoms with Crippen LogP contribution in [0.4, 0.5) is 5.69 Å². The summed E-state index contributed by atoms with van der Waals surface area (Å²) < 4.78 is 11.3. The predicted molar refractivity (Wildman–Crippen MR) is 75.1 cm³/mol. The van der Waals surface area contributed by atoms with Crippen LogP contribution in [-0.2, 0) is 9.47 Å². The van der Waals surface area contributed by atoms with Gasteiger partial charge < -0.3 is 14.8 Å². The van der Waals surface area contributed by atoms with Gasteiger partial charge in [0.2, 0.25) is 0 Å². The Morgan fingerprint density at radius 2 is 2.00 bits per heavy atom. The Hall–Kier alpha value is -1.65. The summed E-state index contributed by atoms with van der Waals surface area (Å²) in [6.07, 6.45) is 3.68. The van der Waals surface area contributed by atoms with E-state index < -0.39 is 5.79 Å². The topological polar surface area (TPSA) is 43.4 Å². The monoisotopic (exact) mass is 258 g/mol. The van der Waals surface area contributed by atoms with E-state index in [1.807, 2.05) is 38.4 Å². The summed E-state index contributed by atoms with van der Waals surface area (Å²) in [5.74, 6) is -0.471. The first-order valence-electron chi connectivity index (χ1n) is 6.51. The number of anilines is 1. The molecule has 1 fully saturated rings. The Morgan fingerprint density at radius 3 is 2.79 bits per heavy atom. The molecule has 0 saturated carbocycles. The first kappa shape index (κ1) is 12.4. The number of hydrogen-bond acceptors (Lipinski definition) is 4. The van der Waals surface area contributed by atoms with Crippen molar-refractivity contribution in [1.82, 2.24) is 4.98 Å². The average molecular weight is 258 g/mol. The van der Waals surface area contributed by atoms with Crippen molar-refractivity contribution in [2.75, 3.05) is 18.5 Å². The van der Waals surface area contributed by atoms with E-state index in [2.05, 4.69) is 22.4 Å². The highest BCUT2D eigenvalue weighted by molar-refractivity contribution is 5.93. The molecule has 1 aromatic heterocycles. The van der Waals surface area contributed by atoms with Crippen molar-refractivity contribution >= 4 is 16.5 Å². The molecule has 0 aliphatic carbocycles. The van der Waals surface area contributed by atoms with E-state index in [0.29, 0.717) is 13.2 Å². The Bertz CT molecular complexity index is 568. The van der Waals surface area contributed by atoms with E-state index in [1.54, 1.807) is 0 Å². The zero-order chi connectivity index (χ0) is 13.3. The summed E-state index contributed by atoms with van der Waals surface area (Å²) in [6, 6.07) is 8.35. The molecule has 4 heteroatoms. The second kappa shape index (κ2) is 4.79. The molecule has 1 aromatic carbocycles. The van der Waals surface area contributed by atoms with Crippen LogP contribution in [0, 0.1) is 0 Å². The van der Waals surface area contributed by atoms with Gasteiger partial charge in [-0.05, 0) is 26.0 Å². The number of hydrogen-bond donors (Lipinski definition) is 1. The Morgan fingerprint density at radius 1 is 1.21 bits per heavy atom. The highest BCUT2D eigenvalue weighted by Crippen LogP contribution is 2.25. The third-order valence-electron chi connectivity index (χ3n) is 3.30. The van der Waals surface area contributed by atoms with Gasteiger partial charge >= 0.3 is 0 Å². The summed E-state index contributed by atoms with van der Waals surface area (Å²) in [5, 5.41) is 5.78. The second-order valence-corrected chi connectivity index (χ2v) is 5.27. The SMILES string of the molecule is CC1(C)OCC(Nc2cccc3cnccc23)CO1. The third kappa shape index (κ3) is 2.69. The maximum atomic E-state index is 5.67. The molecule has 0 amide bonds. The quantitative estimate of drug-likeness (QED) is 0.899. The Kier molecular flexibility index (Phi) is 3.12. The fourth-order valence-electron chi connectivity index (χ4n) is 2.24. The number of pyridine rings is 1. The number of ether oxygens (including phenoxy) is 2. The summed E-state index contributed by atoms with van der Waals surface area (Å²) in [5.41, 5.74) is 1.09. The number of nitrogens with zero attached hydrogens (tertiary/aromatic N) is 1. The molecule has 1 saturated heterocycles. The standard InChI is InChI=1S/C15H18N2O2/c1-15(2)18-9-12(10-19-15)17-14-5-3-4-11-8-16-7-6-13(11)14/h3-8,12,17H,9-10H2,1-2H3. The fourth-order valence-corrected chi connectivity index (χ4v) is 2.24. The van der Waals surface area contributed by atoms with Crippen molar-refractivity contribution in [1.29, 1.82) is 0 Å². The highest BCUT2D eigenvalue weighted by atomic mass is 16.7. The molecule has 100 valence electrons. The maximum Gasteiger partial charge on any atom is 0.162 e. The number of rotatable bonds is 2. The van der Waals surface area contributed by atoms with Crippen molar-refractivity contribution in [3.63, 3.8) is 0 Å². The van der Waals surface area contributed by atoms with Gasteiger partial charge in [0, 0.05) is 28.9 Å². The lowest BCUT2D eigenvalue weighted by Gasteiger charge is -2.35. The molecule has 2 aromatic rings. The number of aromatic nitrogens is 1. The molecule has 0 spiro atoms. The van der Waals surface area contributed by atoms with Gasteiger partial charge in [-0.25, -0.2) is 0 Å². The van der Waals surface area contributed by atoms with Gasteiger partial charge in [0.1, 0.15) is 0 Å². The summed E-state index contributed by atoms with van der Waals surface area (Å²) in [4.78, 5) is 4.14. The van der Waals surface area contributed by atoms with Crippen molar-refractivity contribution in [2.45, 2.75) is 25.7 Å². The first-order valence-corrected chi connectivity index (χ1v) is 6.51. The smallest absolute Gasteiger partial charge is 0.162 e. The normalized spacial score (nSPS) is 19.5. The van der Waals surface area contributed by atoms with Crippen LogP contribution in [0.5, 0.6) is 0 Å². The molecule has 19 heavy (non-hydrogen) atoms. The van der Waals surface area contributed by atoms with E-state index in [9.17, 15) is 0 Å². The van der Waals surface area contributed by atoms with Gasteiger partial charge in [-0.15, -0.1) is 0 Å². The van der Waals surface area contributed by atoms with Crippen LogP contribution in [-0.4, -0.2) is 30.0 Å². The molecular weight excluding hydrogens is 240 g/mol. The number of fused-ring (bicyclic) bond motifs is 1. The van der Waals surface area contributed by atoms with Crippen LogP contribution in [0.2, 0.25) is 0 Å². The van der Waals surface area contributed by atoms with E-state index >= 15 is 0 Å². The van der Waals surface area contributed by atoms with Gasteiger partial charge in [0.15, 0.2) is 5.79 Å². The van der Waals surface area contributed by atoms with Gasteiger partial charge in [-0.3, -0.25) is 4.98 Å². The molecule has 0 atom stereocenters. The molecular formula is C15H18N2O2. The zero-order valence-electron chi connectivity index (χ0n) is 11.2. The summed E-state index contributed by atoms with van der Waals surface area (Å²) in [6.45, 7) is 5.17. The van der Waals surface area contributed by atoms with Crippen molar-refractivity contribution in [2.24, 2.45) is 0 Å². The average Bonchev–Trinajstić information content (AvgIpc) is 2.42. The van der Waals surface area contributed by atoms with Crippen LogP contribution >= 0.6 is 0 Å². The molecule has 2 heterocycles. The van der Waals surface area contributed by atoms with Gasteiger partial charge in [0.25, 0.3) is 0 Å². The molecule has 1 N–H and O–H groups in total. The molecule has 4 nitrogen and oxygen atoms in total. The minimum absolute atomic E-state index is 0.173. The summed E-state index contributed by atoms with van der Waals surface area (Å²) >= 11 is 0. The van der Waals surface area contributed by atoms with Gasteiger partial charge in [0.05, 0.1) is 19.3 Å². The molecule has 0 radical (unpaired) electrons. The van der Waals surface area contributed by atoms with Crippen LogP contribution in [0.15, 0.2) is 36.7 Å². The summed E-state index contributed by atoms with van der Waals surface area (Å²) in [7, 11) is 0. The largest absolute Gasteiger partial charge is 0.377 e. The van der Waals surface area contributed by atoms with Crippen LogP contribution < -0.4 is 5.32 Å². The minimum atomic E-state index is -0.471. The lowest BCUT2D eigenvalue weighted by atomic mass is 10.1. The van der Waals surface area contributed by atoms with Gasteiger partial charge in [-0.1, -0.05) is 12.1 Å². The minimum Gasteiger partial charge on any atom is -0.377 e. The molecule has 1 aliphatic heterocycles. The third-order valence-corrected chi connectivity index (χ3v) is 3.30. The van der Waals surface area contributed by atoms with E-state index in [4.69, 9.17) is 9.47 Å². The van der Waals surface area contributed by atoms with E-state index in [0.717, 1.165) is 11.1 Å². The van der Waals surface area contributed by atoms with Crippen molar-refractivity contribution < 1.29 is 9.47 Å². The molecule has 0 bridgehead atoms.